The number of aliphatic hydroxyl groups is 1. The van der Waals surface area contributed by atoms with Crippen LogP contribution in [0.2, 0.25) is 0 Å². The second kappa shape index (κ2) is 8.58. The minimum atomic E-state index is 0.292. The Morgan fingerprint density at radius 3 is 2.83 bits per heavy atom. The monoisotopic (exact) mass is 169 g/mol. The lowest BCUT2D eigenvalue weighted by Crippen LogP contribution is -2.26. The van der Waals surface area contributed by atoms with Gasteiger partial charge in [-0.05, 0) is 26.7 Å². The Balaban J connectivity index is 3.17. The van der Waals surface area contributed by atoms with E-state index >= 15 is 0 Å². The van der Waals surface area contributed by atoms with Crippen molar-refractivity contribution in [2.24, 2.45) is 0 Å². The van der Waals surface area contributed by atoms with Crippen LogP contribution in [-0.4, -0.2) is 24.3 Å². The van der Waals surface area contributed by atoms with E-state index in [4.69, 9.17) is 5.11 Å². The molecule has 0 aromatic carbocycles. The molecule has 1 atom stereocenters. The lowest BCUT2D eigenvalue weighted by molar-refractivity contribution is 0.277. The zero-order chi connectivity index (χ0) is 9.23. The standard InChI is InChI=1S/C10H19NO/c1-3-4-5-8-11-10(2)7-6-9-12/h10-12H,5-9H2,1-2H3. The molecule has 0 saturated heterocycles. The SMILES string of the molecule is CC#CCCNC(C)CCCO. The van der Waals surface area contributed by atoms with E-state index in [1.807, 2.05) is 6.92 Å². The minimum absolute atomic E-state index is 0.292. The molecule has 1 unspecified atom stereocenters. The lowest BCUT2D eigenvalue weighted by atomic mass is 10.2. The predicted molar refractivity (Wildman–Crippen MR) is 51.9 cm³/mol. The summed E-state index contributed by atoms with van der Waals surface area (Å²) in [6.45, 7) is 5.23. The first-order chi connectivity index (χ1) is 5.81. The third-order valence-corrected chi connectivity index (χ3v) is 1.71. The van der Waals surface area contributed by atoms with Gasteiger partial charge in [0.05, 0.1) is 0 Å². The number of rotatable bonds is 6. The Morgan fingerprint density at radius 2 is 2.25 bits per heavy atom. The zero-order valence-electron chi connectivity index (χ0n) is 8.06. The van der Waals surface area contributed by atoms with Crippen LogP contribution in [0.4, 0.5) is 0 Å². The van der Waals surface area contributed by atoms with Crippen LogP contribution >= 0.6 is 0 Å². The van der Waals surface area contributed by atoms with Crippen LogP contribution in [0.25, 0.3) is 0 Å². The summed E-state index contributed by atoms with van der Waals surface area (Å²) in [4.78, 5) is 0. The predicted octanol–water partition coefficient (Wildman–Crippen LogP) is 1.15. The highest BCUT2D eigenvalue weighted by atomic mass is 16.2. The van der Waals surface area contributed by atoms with Gasteiger partial charge >= 0.3 is 0 Å². The molecule has 0 aliphatic rings. The van der Waals surface area contributed by atoms with Gasteiger partial charge in [-0.25, -0.2) is 0 Å². The van der Waals surface area contributed by atoms with Crippen LogP contribution in [0.1, 0.15) is 33.1 Å². The number of nitrogens with one attached hydrogen (secondary N) is 1. The fourth-order valence-electron chi connectivity index (χ4n) is 1.01. The summed E-state index contributed by atoms with van der Waals surface area (Å²) in [7, 11) is 0. The molecule has 70 valence electrons. The molecular formula is C10H19NO. The van der Waals surface area contributed by atoms with Crippen molar-refractivity contribution in [3.05, 3.63) is 0 Å². The van der Waals surface area contributed by atoms with Crippen molar-refractivity contribution in [3.8, 4) is 11.8 Å². The Kier molecular flexibility index (Phi) is 8.20. The third-order valence-electron chi connectivity index (χ3n) is 1.71. The smallest absolute Gasteiger partial charge is 0.0431 e. The highest BCUT2D eigenvalue weighted by molar-refractivity contribution is 4.95. The first-order valence-corrected chi connectivity index (χ1v) is 4.55. The van der Waals surface area contributed by atoms with Gasteiger partial charge in [0.2, 0.25) is 0 Å². The average Bonchev–Trinajstić information content (AvgIpc) is 2.09. The van der Waals surface area contributed by atoms with Gasteiger partial charge in [0.15, 0.2) is 0 Å². The van der Waals surface area contributed by atoms with E-state index in [0.29, 0.717) is 12.6 Å². The number of hydrogen-bond donors (Lipinski definition) is 2. The molecular weight excluding hydrogens is 150 g/mol. The topological polar surface area (TPSA) is 32.3 Å². The van der Waals surface area contributed by atoms with Crippen LogP contribution in [0.15, 0.2) is 0 Å². The van der Waals surface area contributed by atoms with Crippen molar-refractivity contribution in [1.82, 2.24) is 5.32 Å². The first kappa shape index (κ1) is 11.5. The van der Waals surface area contributed by atoms with Gasteiger partial charge < -0.3 is 10.4 Å². The Morgan fingerprint density at radius 1 is 1.50 bits per heavy atom. The van der Waals surface area contributed by atoms with Crippen molar-refractivity contribution in [1.29, 1.82) is 0 Å². The van der Waals surface area contributed by atoms with E-state index in [-0.39, 0.29) is 0 Å². The summed E-state index contributed by atoms with van der Waals surface area (Å²) < 4.78 is 0. The molecule has 0 radical (unpaired) electrons. The molecule has 0 spiro atoms. The fourth-order valence-corrected chi connectivity index (χ4v) is 1.01. The number of hydrogen-bond acceptors (Lipinski definition) is 2. The van der Waals surface area contributed by atoms with Crippen molar-refractivity contribution < 1.29 is 5.11 Å². The van der Waals surface area contributed by atoms with Crippen LogP contribution < -0.4 is 5.32 Å². The lowest BCUT2D eigenvalue weighted by Gasteiger charge is -2.11. The van der Waals surface area contributed by atoms with E-state index in [1.54, 1.807) is 0 Å². The van der Waals surface area contributed by atoms with Crippen LogP contribution in [-0.2, 0) is 0 Å². The van der Waals surface area contributed by atoms with Gasteiger partial charge in [0.25, 0.3) is 0 Å². The van der Waals surface area contributed by atoms with Gasteiger partial charge in [-0.15, -0.1) is 11.8 Å². The summed E-state index contributed by atoms with van der Waals surface area (Å²) in [6, 6.07) is 0.496. The second-order valence-corrected chi connectivity index (χ2v) is 2.90. The summed E-state index contributed by atoms with van der Waals surface area (Å²) in [5, 5.41) is 11.9. The first-order valence-electron chi connectivity index (χ1n) is 4.55. The average molecular weight is 169 g/mol. The molecule has 2 nitrogen and oxygen atoms in total. The van der Waals surface area contributed by atoms with Crippen molar-refractivity contribution in [3.63, 3.8) is 0 Å². The summed E-state index contributed by atoms with van der Waals surface area (Å²) in [5.41, 5.74) is 0. The highest BCUT2D eigenvalue weighted by Gasteiger charge is 1.97. The van der Waals surface area contributed by atoms with Gasteiger partial charge in [-0.2, -0.15) is 0 Å². The van der Waals surface area contributed by atoms with E-state index in [9.17, 15) is 0 Å². The Bertz CT molecular complexity index is 146. The van der Waals surface area contributed by atoms with Crippen molar-refractivity contribution in [2.75, 3.05) is 13.2 Å². The molecule has 0 aromatic heterocycles. The van der Waals surface area contributed by atoms with E-state index in [2.05, 4.69) is 24.1 Å². The largest absolute Gasteiger partial charge is 0.396 e. The molecule has 2 N–H and O–H groups in total. The van der Waals surface area contributed by atoms with Crippen LogP contribution in [0.3, 0.4) is 0 Å². The maximum atomic E-state index is 8.57. The molecule has 0 saturated carbocycles. The second-order valence-electron chi connectivity index (χ2n) is 2.90. The fraction of sp³-hybridized carbons (Fsp3) is 0.800. The molecule has 2 heteroatoms. The minimum Gasteiger partial charge on any atom is -0.396 e. The van der Waals surface area contributed by atoms with Gasteiger partial charge in [0.1, 0.15) is 0 Å². The van der Waals surface area contributed by atoms with Gasteiger partial charge in [0, 0.05) is 25.6 Å². The van der Waals surface area contributed by atoms with E-state index < -0.39 is 0 Å². The maximum absolute atomic E-state index is 8.57. The van der Waals surface area contributed by atoms with Crippen LogP contribution in [0.5, 0.6) is 0 Å². The summed E-state index contributed by atoms with van der Waals surface area (Å²) in [6.07, 6.45) is 2.84. The normalized spacial score (nSPS) is 11.9. The van der Waals surface area contributed by atoms with Crippen molar-refractivity contribution >= 4 is 0 Å². The van der Waals surface area contributed by atoms with E-state index in [1.165, 1.54) is 0 Å². The van der Waals surface area contributed by atoms with E-state index in [0.717, 1.165) is 25.8 Å². The molecule has 0 amide bonds. The zero-order valence-corrected chi connectivity index (χ0v) is 8.06. The maximum Gasteiger partial charge on any atom is 0.0431 e. The van der Waals surface area contributed by atoms with Gasteiger partial charge in [-0.3, -0.25) is 0 Å². The Hall–Kier alpha value is -0.520. The summed E-state index contributed by atoms with van der Waals surface area (Å²) in [5.74, 6) is 5.85. The van der Waals surface area contributed by atoms with Gasteiger partial charge in [-0.1, -0.05) is 0 Å². The molecule has 12 heavy (non-hydrogen) atoms. The van der Waals surface area contributed by atoms with Crippen molar-refractivity contribution in [2.45, 2.75) is 39.2 Å². The molecule has 0 heterocycles. The van der Waals surface area contributed by atoms with Crippen LogP contribution in [0, 0.1) is 11.8 Å². The molecule has 0 aliphatic heterocycles. The Labute approximate surface area is 75.4 Å². The molecule has 0 rings (SSSR count). The number of aliphatic hydroxyl groups excluding tert-OH is 1. The summed E-state index contributed by atoms with van der Waals surface area (Å²) >= 11 is 0. The third kappa shape index (κ3) is 7.59. The molecule has 0 aliphatic carbocycles. The quantitative estimate of drug-likeness (QED) is 0.462. The molecule has 0 fully saturated rings. The molecule has 0 bridgehead atoms. The highest BCUT2D eigenvalue weighted by Crippen LogP contribution is 1.94. The molecule has 0 aromatic rings.